The second-order valence-electron chi connectivity index (χ2n) is 8.01. The van der Waals surface area contributed by atoms with E-state index < -0.39 is 17.8 Å². The number of likely N-dealkylation sites (tertiary alicyclic amines) is 1. The molecule has 2 aromatic rings. The van der Waals surface area contributed by atoms with E-state index in [1.165, 1.54) is 12.8 Å². The molecule has 1 saturated heterocycles. The van der Waals surface area contributed by atoms with Crippen molar-refractivity contribution in [2.45, 2.75) is 52.3 Å². The van der Waals surface area contributed by atoms with Crippen LogP contribution in [0.1, 0.15) is 58.6 Å². The third-order valence-electron chi connectivity index (χ3n) is 5.85. The van der Waals surface area contributed by atoms with Crippen LogP contribution in [0, 0.1) is 13.8 Å². The number of nitrogens with zero attached hydrogens (tertiary/aromatic N) is 3. The second kappa shape index (κ2) is 9.64. The van der Waals surface area contributed by atoms with Crippen molar-refractivity contribution in [1.82, 2.24) is 20.0 Å². The number of carbonyl (C=O) groups is 1. The lowest BCUT2D eigenvalue weighted by Gasteiger charge is -2.27. The van der Waals surface area contributed by atoms with Gasteiger partial charge in [0.15, 0.2) is 5.69 Å². The molecule has 0 spiro atoms. The number of benzene rings is 1. The zero-order valence-electron chi connectivity index (χ0n) is 17.6. The molecule has 0 radical (unpaired) electrons. The Morgan fingerprint density at radius 2 is 1.87 bits per heavy atom. The summed E-state index contributed by atoms with van der Waals surface area (Å²) in [7, 11) is 0. The first-order chi connectivity index (χ1) is 14.3. The number of H-pyrrole nitrogens is 1. The Kier molecular flexibility index (Phi) is 7.18. The molecule has 1 amide bonds. The highest BCUT2D eigenvalue weighted by atomic mass is 19.4. The molecule has 1 aromatic carbocycles. The predicted octanol–water partition coefficient (Wildman–Crippen LogP) is 4.56. The number of nitrogens with one attached hydrogen (secondary N) is 1. The number of amides is 1. The molecule has 1 fully saturated rings. The molecule has 1 aromatic heterocycles. The van der Waals surface area contributed by atoms with Crippen molar-refractivity contribution in [1.29, 1.82) is 0 Å². The van der Waals surface area contributed by atoms with E-state index in [1.54, 1.807) is 4.90 Å². The molecule has 0 aliphatic carbocycles. The van der Waals surface area contributed by atoms with Gasteiger partial charge in [-0.3, -0.25) is 9.89 Å². The lowest BCUT2D eigenvalue weighted by Crippen LogP contribution is -2.39. The Balaban J connectivity index is 1.79. The van der Waals surface area contributed by atoms with Crippen LogP contribution in [0.4, 0.5) is 13.2 Å². The summed E-state index contributed by atoms with van der Waals surface area (Å²) >= 11 is 0. The summed E-state index contributed by atoms with van der Waals surface area (Å²) in [5.74, 6) is -0.488. The maximum atomic E-state index is 13.1. The van der Waals surface area contributed by atoms with Crippen LogP contribution in [-0.2, 0) is 12.7 Å². The SMILES string of the molecule is Cc1cccc(CN(CCN2CCCCCC2)C(=O)c2cc(C(F)(F)F)[nH]n2)c1C. The molecule has 5 nitrogen and oxygen atoms in total. The zero-order valence-corrected chi connectivity index (χ0v) is 17.6. The van der Waals surface area contributed by atoms with Crippen LogP contribution in [0.25, 0.3) is 0 Å². The molecule has 0 bridgehead atoms. The van der Waals surface area contributed by atoms with Gasteiger partial charge in [0.1, 0.15) is 5.69 Å². The van der Waals surface area contributed by atoms with E-state index in [0.29, 0.717) is 19.6 Å². The zero-order chi connectivity index (χ0) is 21.7. The summed E-state index contributed by atoms with van der Waals surface area (Å²) in [6.45, 7) is 7.48. The third kappa shape index (κ3) is 5.62. The van der Waals surface area contributed by atoms with Gasteiger partial charge in [-0.2, -0.15) is 18.3 Å². The first-order valence-corrected chi connectivity index (χ1v) is 10.4. The Hall–Kier alpha value is -2.35. The van der Waals surface area contributed by atoms with Crippen LogP contribution in [0.5, 0.6) is 0 Å². The molecular formula is C22H29F3N4O. The van der Waals surface area contributed by atoms with E-state index >= 15 is 0 Å². The molecule has 3 rings (SSSR count). The molecule has 30 heavy (non-hydrogen) atoms. The number of hydrogen-bond donors (Lipinski definition) is 1. The van der Waals surface area contributed by atoms with Crippen LogP contribution >= 0.6 is 0 Å². The fraction of sp³-hybridized carbons (Fsp3) is 0.545. The summed E-state index contributed by atoms with van der Waals surface area (Å²) in [4.78, 5) is 17.0. The Morgan fingerprint density at radius 3 is 2.50 bits per heavy atom. The first kappa shape index (κ1) is 22.3. The van der Waals surface area contributed by atoms with Gasteiger partial charge in [0, 0.05) is 25.7 Å². The second-order valence-corrected chi connectivity index (χ2v) is 8.01. The van der Waals surface area contributed by atoms with E-state index in [1.807, 2.05) is 37.1 Å². The van der Waals surface area contributed by atoms with E-state index in [4.69, 9.17) is 0 Å². The molecule has 8 heteroatoms. The van der Waals surface area contributed by atoms with Gasteiger partial charge in [0.2, 0.25) is 0 Å². The van der Waals surface area contributed by atoms with Crippen molar-refractivity contribution < 1.29 is 18.0 Å². The summed E-state index contributed by atoms with van der Waals surface area (Å²) < 4.78 is 38.8. The topological polar surface area (TPSA) is 52.2 Å². The number of carbonyl (C=O) groups excluding carboxylic acids is 1. The molecule has 0 atom stereocenters. The largest absolute Gasteiger partial charge is 0.432 e. The fourth-order valence-corrected chi connectivity index (χ4v) is 3.80. The molecule has 1 aliphatic heterocycles. The van der Waals surface area contributed by atoms with E-state index in [2.05, 4.69) is 10.00 Å². The number of hydrogen-bond acceptors (Lipinski definition) is 3. The Bertz CT molecular complexity index is 854. The highest BCUT2D eigenvalue weighted by molar-refractivity contribution is 5.92. The number of aromatic amines is 1. The molecule has 164 valence electrons. The summed E-state index contributed by atoms with van der Waals surface area (Å²) in [5, 5.41) is 5.59. The van der Waals surface area contributed by atoms with Crippen LogP contribution < -0.4 is 0 Å². The monoisotopic (exact) mass is 422 g/mol. The number of alkyl halides is 3. The van der Waals surface area contributed by atoms with Crippen molar-refractivity contribution in [3.63, 3.8) is 0 Å². The third-order valence-corrected chi connectivity index (χ3v) is 5.85. The summed E-state index contributed by atoms with van der Waals surface area (Å²) in [6, 6.07) is 6.70. The molecular weight excluding hydrogens is 393 g/mol. The highest BCUT2D eigenvalue weighted by Crippen LogP contribution is 2.28. The van der Waals surface area contributed by atoms with Crippen LogP contribution in [0.3, 0.4) is 0 Å². The van der Waals surface area contributed by atoms with E-state index in [9.17, 15) is 18.0 Å². The Labute approximate surface area is 175 Å². The molecule has 1 N–H and O–H groups in total. The minimum atomic E-state index is -4.56. The lowest BCUT2D eigenvalue weighted by molar-refractivity contribution is -0.141. The van der Waals surface area contributed by atoms with Crippen molar-refractivity contribution in [2.24, 2.45) is 0 Å². The van der Waals surface area contributed by atoms with E-state index in [0.717, 1.165) is 48.7 Å². The van der Waals surface area contributed by atoms with Gasteiger partial charge in [0.05, 0.1) is 0 Å². The maximum Gasteiger partial charge on any atom is 0.432 e. The van der Waals surface area contributed by atoms with Gasteiger partial charge >= 0.3 is 6.18 Å². The minimum absolute atomic E-state index is 0.205. The highest BCUT2D eigenvalue weighted by Gasteiger charge is 2.34. The standard InChI is InChI=1S/C22H29F3N4O/c1-16-8-7-9-18(17(16)2)15-29(13-12-28-10-5-3-4-6-11-28)21(30)19-14-20(27-26-19)22(23,24)25/h7-9,14H,3-6,10-13,15H2,1-2H3,(H,26,27). The smallest absolute Gasteiger partial charge is 0.332 e. The van der Waals surface area contributed by atoms with Crippen molar-refractivity contribution >= 4 is 5.91 Å². The number of aromatic nitrogens is 2. The average molecular weight is 422 g/mol. The quantitative estimate of drug-likeness (QED) is 0.742. The molecule has 1 aliphatic rings. The fourth-order valence-electron chi connectivity index (χ4n) is 3.80. The van der Waals surface area contributed by atoms with E-state index in [-0.39, 0.29) is 5.69 Å². The van der Waals surface area contributed by atoms with Crippen LogP contribution in [0.2, 0.25) is 0 Å². The van der Waals surface area contributed by atoms with Crippen molar-refractivity contribution in [2.75, 3.05) is 26.2 Å². The van der Waals surface area contributed by atoms with Gasteiger partial charge in [-0.25, -0.2) is 0 Å². The van der Waals surface area contributed by atoms with Gasteiger partial charge in [-0.1, -0.05) is 31.0 Å². The van der Waals surface area contributed by atoms with Gasteiger partial charge < -0.3 is 9.80 Å². The van der Waals surface area contributed by atoms with Gasteiger partial charge in [-0.15, -0.1) is 0 Å². The van der Waals surface area contributed by atoms with Crippen molar-refractivity contribution in [3.05, 3.63) is 52.3 Å². The van der Waals surface area contributed by atoms with Crippen LogP contribution in [-0.4, -0.2) is 52.1 Å². The minimum Gasteiger partial charge on any atom is -0.332 e. The lowest BCUT2D eigenvalue weighted by atomic mass is 10.0. The van der Waals surface area contributed by atoms with Crippen molar-refractivity contribution in [3.8, 4) is 0 Å². The predicted molar refractivity (Wildman–Crippen MR) is 109 cm³/mol. The van der Waals surface area contributed by atoms with Gasteiger partial charge in [0.25, 0.3) is 5.91 Å². The number of rotatable bonds is 6. The molecule has 2 heterocycles. The molecule has 0 unspecified atom stereocenters. The summed E-state index contributed by atoms with van der Waals surface area (Å²) in [5.41, 5.74) is 1.98. The number of halogens is 3. The average Bonchev–Trinajstić information content (AvgIpc) is 3.07. The number of aryl methyl sites for hydroxylation is 1. The van der Waals surface area contributed by atoms with Gasteiger partial charge in [-0.05, 0) is 56.5 Å². The van der Waals surface area contributed by atoms with Crippen LogP contribution in [0.15, 0.2) is 24.3 Å². The maximum absolute atomic E-state index is 13.1. The normalized spacial score (nSPS) is 15.8. The molecule has 0 saturated carbocycles. The first-order valence-electron chi connectivity index (χ1n) is 10.4. The Morgan fingerprint density at radius 1 is 1.17 bits per heavy atom. The summed E-state index contributed by atoms with van der Waals surface area (Å²) in [6.07, 6.45) is 0.151.